The predicted octanol–water partition coefficient (Wildman–Crippen LogP) is 22.9. The minimum absolute atomic E-state index is 1.16. The summed E-state index contributed by atoms with van der Waals surface area (Å²) in [4.78, 5) is 20.5. The summed E-state index contributed by atoms with van der Waals surface area (Å²) in [6, 6.07) is 63.0. The molecule has 0 aliphatic carbocycles. The number of rotatable bonds is 12. The molecular weight excluding hydrogens is 995 g/mol. The molecule has 0 aliphatic rings. The average Bonchev–Trinajstić information content (AvgIpc) is 3.59. The monoisotopic (exact) mass is 1090 g/mol. The lowest BCUT2D eigenvalue weighted by atomic mass is 10.0. The summed E-state index contributed by atoms with van der Waals surface area (Å²) in [7, 11) is 0. The first-order valence-corrected chi connectivity index (χ1v) is 30.3. The van der Waals surface area contributed by atoms with Crippen molar-refractivity contribution in [3.05, 3.63) is 272 Å². The molecule has 0 amide bonds. The SMILES string of the molecule is CC.CC.CC.CC.CC.CCCCCCc1ccc(-c2cccnc2)cc1.CCCc1ccc(-c2cccnc2)cc1.Cc1ccc(-c2cccnc2)cc1.Cc1ccc(-c2cccnc2)cc1C.c1ccc(-c2cccnc2)cc1. The van der Waals surface area contributed by atoms with E-state index in [2.05, 4.69) is 193 Å². The largest absolute Gasteiger partial charge is 0.264 e. The van der Waals surface area contributed by atoms with Gasteiger partial charge in [-0.05, 0) is 148 Å². The summed E-state index contributed by atoms with van der Waals surface area (Å²) in [5.41, 5.74) is 18.8. The highest BCUT2D eigenvalue weighted by Crippen LogP contribution is 2.23. The molecule has 5 aromatic carbocycles. The third-order valence-electron chi connectivity index (χ3n) is 12.1. The van der Waals surface area contributed by atoms with Crippen molar-refractivity contribution in [2.24, 2.45) is 0 Å². The zero-order chi connectivity index (χ0) is 60.4. The van der Waals surface area contributed by atoms with Crippen LogP contribution in [0.3, 0.4) is 0 Å². The zero-order valence-corrected chi connectivity index (χ0v) is 52.8. The minimum atomic E-state index is 1.16. The van der Waals surface area contributed by atoms with Crippen LogP contribution >= 0.6 is 0 Å². The Kier molecular flexibility index (Phi) is 41.8. The minimum Gasteiger partial charge on any atom is -0.264 e. The fourth-order valence-corrected chi connectivity index (χ4v) is 7.74. The van der Waals surface area contributed by atoms with Gasteiger partial charge < -0.3 is 0 Å². The number of hydrogen-bond acceptors (Lipinski definition) is 5. The number of unbranched alkanes of at least 4 members (excludes halogenated alkanes) is 3. The van der Waals surface area contributed by atoms with Crippen molar-refractivity contribution in [1.29, 1.82) is 0 Å². The van der Waals surface area contributed by atoms with E-state index in [9.17, 15) is 0 Å². The van der Waals surface area contributed by atoms with Gasteiger partial charge in [0.05, 0.1) is 0 Å². The highest BCUT2D eigenvalue weighted by atomic mass is 14.6. The topological polar surface area (TPSA) is 64.5 Å². The van der Waals surface area contributed by atoms with Crippen LogP contribution in [0.1, 0.15) is 143 Å². The molecule has 0 N–H and O–H groups in total. The third kappa shape index (κ3) is 28.8. The molecule has 0 spiro atoms. The standard InChI is InChI=1S/C17H21N.C14H15N.C13H13N.C12H11N.C11H9N.5C2H6/c1-2-3-4-5-7-15-9-11-16(12-10-15)17-8-6-13-18-14-17;1-2-4-12-6-8-13(9-7-12)14-5-3-10-15-11-14;1-10-5-6-12(8-11(10)2)13-4-3-7-14-9-13;1-10-4-6-11(7-5-10)12-3-2-8-13-9-12;1-2-5-10(6-3-1)11-7-4-8-12-9-11;5*1-2/h6,8-14H,2-5,7H2,1H3;3,5-11H,2,4H2,1H3;3-9H,1-2H3;2-9H,1H3;1-9H;5*1-2H3. The van der Waals surface area contributed by atoms with Gasteiger partial charge in [0.1, 0.15) is 0 Å². The average molecular weight is 1090 g/mol. The molecule has 5 heterocycles. The van der Waals surface area contributed by atoms with E-state index in [1.807, 2.05) is 155 Å². The Morgan fingerprint density at radius 3 is 0.902 bits per heavy atom. The van der Waals surface area contributed by atoms with E-state index in [1.54, 1.807) is 24.8 Å². The van der Waals surface area contributed by atoms with E-state index in [1.165, 1.54) is 116 Å². The molecule has 0 radical (unpaired) electrons. The Bertz CT molecular complexity index is 2930. The van der Waals surface area contributed by atoms with Gasteiger partial charge >= 0.3 is 0 Å². The molecule has 0 fully saturated rings. The van der Waals surface area contributed by atoms with Gasteiger partial charge in [-0.25, -0.2) is 0 Å². The van der Waals surface area contributed by atoms with Crippen LogP contribution in [-0.4, -0.2) is 24.9 Å². The molecule has 10 rings (SSSR count). The fourth-order valence-electron chi connectivity index (χ4n) is 7.74. The van der Waals surface area contributed by atoms with Crippen LogP contribution in [0.5, 0.6) is 0 Å². The van der Waals surface area contributed by atoms with Gasteiger partial charge in [0.15, 0.2) is 0 Å². The van der Waals surface area contributed by atoms with Gasteiger partial charge in [0, 0.05) is 62.0 Å². The Balaban J connectivity index is 0.000000495. The van der Waals surface area contributed by atoms with Crippen molar-refractivity contribution in [2.45, 2.75) is 149 Å². The highest BCUT2D eigenvalue weighted by molar-refractivity contribution is 5.66. The number of aromatic nitrogens is 5. The molecule has 0 aliphatic heterocycles. The van der Waals surface area contributed by atoms with Crippen LogP contribution in [0.15, 0.2) is 244 Å². The number of nitrogens with zero attached hydrogens (tertiary/aromatic N) is 5. The smallest absolute Gasteiger partial charge is 0.0346 e. The summed E-state index contributed by atoms with van der Waals surface area (Å²) in [6.07, 6.45) is 27.3. The zero-order valence-electron chi connectivity index (χ0n) is 52.8. The summed E-state index contributed by atoms with van der Waals surface area (Å²) in [6.45, 7) is 30.8. The van der Waals surface area contributed by atoms with Crippen LogP contribution in [0.25, 0.3) is 55.6 Å². The second-order valence-electron chi connectivity index (χ2n) is 17.7. The lowest BCUT2D eigenvalue weighted by molar-refractivity contribution is 0.667. The van der Waals surface area contributed by atoms with Crippen molar-refractivity contribution >= 4 is 0 Å². The van der Waals surface area contributed by atoms with Crippen molar-refractivity contribution in [3.8, 4) is 55.6 Å². The van der Waals surface area contributed by atoms with Gasteiger partial charge in [-0.3, -0.25) is 24.9 Å². The number of pyridine rings is 5. The number of hydrogen-bond donors (Lipinski definition) is 0. The third-order valence-corrected chi connectivity index (χ3v) is 12.1. The van der Waals surface area contributed by atoms with Gasteiger partial charge in [-0.2, -0.15) is 0 Å². The second-order valence-corrected chi connectivity index (χ2v) is 17.7. The molecule has 432 valence electrons. The van der Waals surface area contributed by atoms with Crippen LogP contribution in [-0.2, 0) is 12.8 Å². The first-order valence-electron chi connectivity index (χ1n) is 30.3. The predicted molar refractivity (Wildman–Crippen MR) is 361 cm³/mol. The van der Waals surface area contributed by atoms with E-state index in [0.717, 1.165) is 12.0 Å². The maximum Gasteiger partial charge on any atom is 0.0346 e. The summed E-state index contributed by atoms with van der Waals surface area (Å²) >= 11 is 0. The Morgan fingerprint density at radius 2 is 0.573 bits per heavy atom. The first kappa shape index (κ1) is 71.9. The van der Waals surface area contributed by atoms with E-state index >= 15 is 0 Å². The van der Waals surface area contributed by atoms with Gasteiger partial charge in [-0.1, -0.05) is 266 Å². The van der Waals surface area contributed by atoms with Crippen LogP contribution in [0.2, 0.25) is 0 Å². The molecule has 5 nitrogen and oxygen atoms in total. The van der Waals surface area contributed by atoms with Crippen LogP contribution in [0, 0.1) is 20.8 Å². The van der Waals surface area contributed by atoms with Crippen molar-refractivity contribution in [3.63, 3.8) is 0 Å². The molecule has 0 saturated heterocycles. The maximum atomic E-state index is 4.15. The van der Waals surface area contributed by atoms with Crippen molar-refractivity contribution < 1.29 is 0 Å². The van der Waals surface area contributed by atoms with Gasteiger partial charge in [0.25, 0.3) is 0 Å². The number of benzene rings is 5. The summed E-state index contributed by atoms with van der Waals surface area (Å²) in [5.74, 6) is 0. The Hall–Kier alpha value is -8.15. The van der Waals surface area contributed by atoms with Crippen molar-refractivity contribution in [2.75, 3.05) is 0 Å². The maximum absolute atomic E-state index is 4.15. The molecule has 5 aromatic heterocycles. The second kappa shape index (κ2) is 47.6. The van der Waals surface area contributed by atoms with Gasteiger partial charge in [0.2, 0.25) is 0 Å². The molecule has 0 saturated carbocycles. The Morgan fingerprint density at radius 1 is 0.256 bits per heavy atom. The van der Waals surface area contributed by atoms with Crippen LogP contribution < -0.4 is 0 Å². The lowest BCUT2D eigenvalue weighted by Gasteiger charge is -2.04. The quantitative estimate of drug-likeness (QED) is 0.114. The Labute approximate surface area is 498 Å². The number of aryl methyl sites for hydroxylation is 5. The molecule has 0 unspecified atom stereocenters. The van der Waals surface area contributed by atoms with E-state index in [0.29, 0.717) is 0 Å². The molecule has 10 aromatic rings. The highest BCUT2D eigenvalue weighted by Gasteiger charge is 2.01. The van der Waals surface area contributed by atoms with Gasteiger partial charge in [-0.15, -0.1) is 0 Å². The molecule has 0 bridgehead atoms. The molecule has 82 heavy (non-hydrogen) atoms. The summed E-state index contributed by atoms with van der Waals surface area (Å²) < 4.78 is 0. The summed E-state index contributed by atoms with van der Waals surface area (Å²) in [5, 5.41) is 0. The molecule has 5 heteroatoms. The first-order chi connectivity index (χ1) is 40.4. The van der Waals surface area contributed by atoms with E-state index in [-0.39, 0.29) is 0 Å². The lowest BCUT2D eigenvalue weighted by Crippen LogP contribution is -1.86. The molecular formula is C77H99N5. The fraction of sp³-hybridized carbons (Fsp3) is 0.286. The van der Waals surface area contributed by atoms with Crippen molar-refractivity contribution in [1.82, 2.24) is 24.9 Å². The van der Waals surface area contributed by atoms with Crippen LogP contribution in [0.4, 0.5) is 0 Å². The molecule has 0 atom stereocenters. The normalized spacial score (nSPS) is 9.26. The van der Waals surface area contributed by atoms with E-state index < -0.39 is 0 Å². The van der Waals surface area contributed by atoms with E-state index in [4.69, 9.17) is 0 Å².